The molecule has 2 heterocycles. The van der Waals surface area contributed by atoms with E-state index in [1.54, 1.807) is 0 Å². The number of nitrogens with zero attached hydrogens (tertiary/aromatic N) is 2. The molecule has 2 aliphatic rings. The molecule has 1 atom stereocenters. The largest absolute Gasteiger partial charge is 0.352 e. The van der Waals surface area contributed by atoms with Gasteiger partial charge in [-0.3, -0.25) is 19.2 Å². The highest BCUT2D eigenvalue weighted by molar-refractivity contribution is 8.14. The second-order valence-corrected chi connectivity index (χ2v) is 8.92. The fraction of sp³-hybridized carbons (Fsp3) is 0.474. The van der Waals surface area contributed by atoms with Crippen LogP contribution < -0.4 is 10.6 Å². The molecule has 0 radical (unpaired) electrons. The van der Waals surface area contributed by atoms with Gasteiger partial charge in [-0.25, -0.2) is 0 Å². The van der Waals surface area contributed by atoms with Crippen molar-refractivity contribution in [1.82, 2.24) is 20.4 Å². The Bertz CT molecular complexity index is 762. The van der Waals surface area contributed by atoms with Gasteiger partial charge in [-0.2, -0.15) is 0 Å². The number of carbonyl (C=O) groups excluding carboxylic acids is 4. The van der Waals surface area contributed by atoms with E-state index in [9.17, 15) is 19.2 Å². The van der Waals surface area contributed by atoms with Crippen LogP contribution in [0.5, 0.6) is 0 Å². The molecule has 4 amide bonds. The van der Waals surface area contributed by atoms with Crippen molar-refractivity contribution < 1.29 is 19.2 Å². The summed E-state index contributed by atoms with van der Waals surface area (Å²) in [7, 11) is 0. The molecule has 1 aromatic carbocycles. The van der Waals surface area contributed by atoms with E-state index < -0.39 is 0 Å². The summed E-state index contributed by atoms with van der Waals surface area (Å²) in [6.07, 6.45) is 0.550. The predicted molar refractivity (Wildman–Crippen MR) is 114 cm³/mol. The van der Waals surface area contributed by atoms with Crippen molar-refractivity contribution in [2.75, 3.05) is 44.2 Å². The van der Waals surface area contributed by atoms with E-state index in [2.05, 4.69) is 10.6 Å². The third-order valence-electron chi connectivity index (χ3n) is 4.59. The minimum Gasteiger partial charge on any atom is -0.352 e. The van der Waals surface area contributed by atoms with Gasteiger partial charge in [0.25, 0.3) is 10.5 Å². The molecular formula is C19H24N4O4S2. The van der Waals surface area contributed by atoms with Crippen molar-refractivity contribution in [3.05, 3.63) is 35.9 Å². The van der Waals surface area contributed by atoms with Crippen LogP contribution >= 0.6 is 23.5 Å². The summed E-state index contributed by atoms with van der Waals surface area (Å²) in [4.78, 5) is 51.0. The summed E-state index contributed by atoms with van der Waals surface area (Å²) in [5, 5.41) is 5.58. The summed E-state index contributed by atoms with van der Waals surface area (Å²) in [6.45, 7) is 1.43. The number of carbonyl (C=O) groups is 4. The SMILES string of the molecule is O=C(CN1CCSC1=O)NCC(Cc1ccccc1)NC(=O)CN1CCSC1=O. The molecular weight excluding hydrogens is 412 g/mol. The van der Waals surface area contributed by atoms with Crippen molar-refractivity contribution in [2.24, 2.45) is 0 Å². The monoisotopic (exact) mass is 436 g/mol. The molecule has 29 heavy (non-hydrogen) atoms. The Morgan fingerprint density at radius 3 is 2.07 bits per heavy atom. The maximum Gasteiger partial charge on any atom is 0.282 e. The lowest BCUT2D eigenvalue weighted by atomic mass is 10.1. The van der Waals surface area contributed by atoms with Gasteiger partial charge in [0.15, 0.2) is 0 Å². The van der Waals surface area contributed by atoms with Gasteiger partial charge in [0.05, 0.1) is 6.04 Å². The average molecular weight is 437 g/mol. The van der Waals surface area contributed by atoms with Crippen LogP contribution in [0.25, 0.3) is 0 Å². The molecule has 2 aliphatic heterocycles. The molecule has 0 bridgehead atoms. The molecule has 1 unspecified atom stereocenters. The first-order valence-electron chi connectivity index (χ1n) is 9.44. The quantitative estimate of drug-likeness (QED) is 0.603. The summed E-state index contributed by atoms with van der Waals surface area (Å²) < 4.78 is 0. The van der Waals surface area contributed by atoms with Crippen LogP contribution in [-0.4, -0.2) is 82.4 Å². The Labute approximate surface area is 178 Å². The zero-order chi connectivity index (χ0) is 20.6. The maximum absolute atomic E-state index is 12.4. The lowest BCUT2D eigenvalue weighted by molar-refractivity contribution is -0.124. The van der Waals surface area contributed by atoms with Gasteiger partial charge in [-0.15, -0.1) is 0 Å². The summed E-state index contributed by atoms with van der Waals surface area (Å²) >= 11 is 2.43. The Morgan fingerprint density at radius 1 is 0.931 bits per heavy atom. The summed E-state index contributed by atoms with van der Waals surface area (Å²) in [5.41, 5.74) is 1.03. The van der Waals surface area contributed by atoms with Gasteiger partial charge < -0.3 is 20.4 Å². The molecule has 10 heteroatoms. The van der Waals surface area contributed by atoms with Crippen LogP contribution in [0.15, 0.2) is 30.3 Å². The van der Waals surface area contributed by atoms with E-state index >= 15 is 0 Å². The zero-order valence-corrected chi connectivity index (χ0v) is 17.6. The number of rotatable bonds is 9. The number of nitrogens with one attached hydrogen (secondary N) is 2. The van der Waals surface area contributed by atoms with Gasteiger partial charge in [-0.1, -0.05) is 53.9 Å². The van der Waals surface area contributed by atoms with Crippen LogP contribution in [0.2, 0.25) is 0 Å². The van der Waals surface area contributed by atoms with E-state index in [4.69, 9.17) is 0 Å². The molecule has 2 saturated heterocycles. The van der Waals surface area contributed by atoms with Crippen molar-refractivity contribution in [3.63, 3.8) is 0 Å². The lowest BCUT2D eigenvalue weighted by Crippen LogP contribution is -2.49. The fourth-order valence-electron chi connectivity index (χ4n) is 3.12. The highest BCUT2D eigenvalue weighted by Gasteiger charge is 2.25. The van der Waals surface area contributed by atoms with E-state index in [1.807, 2.05) is 30.3 Å². The number of benzene rings is 1. The minimum atomic E-state index is -0.317. The summed E-state index contributed by atoms with van der Waals surface area (Å²) in [5.74, 6) is 0.900. The van der Waals surface area contributed by atoms with Crippen LogP contribution in [0.3, 0.4) is 0 Å². The molecule has 3 rings (SSSR count). The molecule has 0 spiro atoms. The van der Waals surface area contributed by atoms with Crippen LogP contribution in [0, 0.1) is 0 Å². The van der Waals surface area contributed by atoms with E-state index in [1.165, 1.54) is 33.3 Å². The molecule has 0 aromatic heterocycles. The number of hydrogen-bond acceptors (Lipinski definition) is 6. The highest BCUT2D eigenvalue weighted by Crippen LogP contribution is 2.17. The van der Waals surface area contributed by atoms with Gasteiger partial charge >= 0.3 is 0 Å². The first kappa shape index (κ1) is 21.5. The molecule has 8 nitrogen and oxygen atoms in total. The second kappa shape index (κ2) is 10.5. The Kier molecular flexibility index (Phi) is 7.82. The summed E-state index contributed by atoms with van der Waals surface area (Å²) in [6, 6.07) is 9.36. The Morgan fingerprint density at radius 2 is 1.52 bits per heavy atom. The molecule has 0 saturated carbocycles. The molecule has 2 fully saturated rings. The van der Waals surface area contributed by atoms with Crippen molar-refractivity contribution in [2.45, 2.75) is 12.5 Å². The van der Waals surface area contributed by atoms with Crippen LogP contribution in [-0.2, 0) is 16.0 Å². The van der Waals surface area contributed by atoms with E-state index in [0.29, 0.717) is 31.0 Å². The molecule has 156 valence electrons. The molecule has 0 aliphatic carbocycles. The van der Waals surface area contributed by atoms with Gasteiger partial charge in [0, 0.05) is 31.1 Å². The highest BCUT2D eigenvalue weighted by atomic mass is 32.2. The number of hydrogen-bond donors (Lipinski definition) is 2. The van der Waals surface area contributed by atoms with Gasteiger partial charge in [0.1, 0.15) is 13.1 Å². The average Bonchev–Trinajstić information content (AvgIpc) is 3.29. The third kappa shape index (κ3) is 6.67. The van der Waals surface area contributed by atoms with Crippen LogP contribution in [0.1, 0.15) is 5.56 Å². The standard InChI is InChI=1S/C19H24N4O4S2/c24-16(12-22-6-8-28-18(22)26)20-11-15(10-14-4-2-1-3-5-14)21-17(25)13-23-7-9-29-19(23)27/h1-5,15H,6-13H2,(H,20,24)(H,21,25). The zero-order valence-electron chi connectivity index (χ0n) is 16.0. The predicted octanol–water partition coefficient (Wildman–Crippen LogP) is 1.17. The topological polar surface area (TPSA) is 98.8 Å². The van der Waals surface area contributed by atoms with E-state index in [-0.39, 0.29) is 48.0 Å². The van der Waals surface area contributed by atoms with E-state index in [0.717, 1.165) is 5.56 Å². The fourth-order valence-corrected chi connectivity index (χ4v) is 4.77. The lowest BCUT2D eigenvalue weighted by Gasteiger charge is -2.22. The molecule has 2 N–H and O–H groups in total. The van der Waals surface area contributed by atoms with Gasteiger partial charge in [0.2, 0.25) is 11.8 Å². The van der Waals surface area contributed by atoms with Crippen molar-refractivity contribution in [1.29, 1.82) is 0 Å². The third-order valence-corrected chi connectivity index (χ3v) is 6.38. The second-order valence-electron chi connectivity index (χ2n) is 6.83. The molecule has 1 aromatic rings. The maximum atomic E-state index is 12.4. The number of thioether (sulfide) groups is 2. The normalized spacial score (nSPS) is 17.5. The van der Waals surface area contributed by atoms with Crippen molar-refractivity contribution >= 4 is 45.8 Å². The number of amides is 4. The Hall–Kier alpha value is -2.20. The Balaban J connectivity index is 1.53. The van der Waals surface area contributed by atoms with Crippen LogP contribution in [0.4, 0.5) is 9.59 Å². The first-order valence-corrected chi connectivity index (χ1v) is 11.4. The van der Waals surface area contributed by atoms with Gasteiger partial charge in [-0.05, 0) is 12.0 Å². The minimum absolute atomic E-state index is 0.0184. The smallest absolute Gasteiger partial charge is 0.282 e. The van der Waals surface area contributed by atoms with Crippen molar-refractivity contribution in [3.8, 4) is 0 Å². The first-order chi connectivity index (χ1) is 14.0.